The lowest BCUT2D eigenvalue weighted by Crippen LogP contribution is -2.17. The minimum absolute atomic E-state index is 0.0247. The van der Waals surface area contributed by atoms with E-state index in [2.05, 4.69) is 0 Å². The standard InChI is InChI=1S/C14H16O5/c1-8(2)18-10-5-3-4-9(6-10)13-11(14(16)17)7-12(15)19-13/h3-6,8,11,13H,7H2,1-2H3,(H,16,17)/t11-,13-/m0/s1. The van der Waals surface area contributed by atoms with Gasteiger partial charge in [0.15, 0.2) is 0 Å². The minimum Gasteiger partial charge on any atom is -0.491 e. The highest BCUT2D eigenvalue weighted by atomic mass is 16.6. The summed E-state index contributed by atoms with van der Waals surface area (Å²) in [5.41, 5.74) is 0.649. The molecule has 1 N–H and O–H groups in total. The van der Waals surface area contributed by atoms with Crippen LogP contribution in [0.2, 0.25) is 0 Å². The van der Waals surface area contributed by atoms with Gasteiger partial charge in [-0.25, -0.2) is 0 Å². The second-order valence-electron chi connectivity index (χ2n) is 4.80. The van der Waals surface area contributed by atoms with E-state index in [4.69, 9.17) is 14.6 Å². The van der Waals surface area contributed by atoms with Crippen molar-refractivity contribution < 1.29 is 24.2 Å². The van der Waals surface area contributed by atoms with Crippen LogP contribution in [-0.4, -0.2) is 23.1 Å². The summed E-state index contributed by atoms with van der Waals surface area (Å²) in [7, 11) is 0. The molecule has 1 aromatic rings. The van der Waals surface area contributed by atoms with Crippen LogP contribution in [0.4, 0.5) is 0 Å². The van der Waals surface area contributed by atoms with Crippen LogP contribution in [0, 0.1) is 5.92 Å². The molecule has 2 atom stereocenters. The van der Waals surface area contributed by atoms with E-state index < -0.39 is 24.0 Å². The molecule has 0 spiro atoms. The average molecular weight is 264 g/mol. The molecular formula is C14H16O5. The number of carbonyl (C=O) groups is 2. The molecule has 1 fully saturated rings. The lowest BCUT2D eigenvalue weighted by atomic mass is 9.95. The summed E-state index contributed by atoms with van der Waals surface area (Å²) in [5.74, 6) is -1.69. The normalized spacial score (nSPS) is 22.4. The van der Waals surface area contributed by atoms with Gasteiger partial charge in [0.05, 0.1) is 12.5 Å². The third-order valence-electron chi connectivity index (χ3n) is 2.89. The van der Waals surface area contributed by atoms with Crippen LogP contribution in [0.25, 0.3) is 0 Å². The smallest absolute Gasteiger partial charge is 0.311 e. The first-order valence-electron chi connectivity index (χ1n) is 6.16. The minimum atomic E-state index is -1.02. The zero-order chi connectivity index (χ0) is 14.0. The summed E-state index contributed by atoms with van der Waals surface area (Å²) < 4.78 is 10.7. The van der Waals surface area contributed by atoms with Crippen molar-refractivity contribution in [2.24, 2.45) is 5.92 Å². The van der Waals surface area contributed by atoms with E-state index in [1.807, 2.05) is 13.8 Å². The van der Waals surface area contributed by atoms with E-state index in [9.17, 15) is 9.59 Å². The Bertz CT molecular complexity index is 494. The quantitative estimate of drug-likeness (QED) is 0.844. The molecule has 0 bridgehead atoms. The predicted molar refractivity (Wildman–Crippen MR) is 66.8 cm³/mol. The summed E-state index contributed by atoms with van der Waals surface area (Å²) in [6, 6.07) is 7.01. The van der Waals surface area contributed by atoms with Gasteiger partial charge in [0.1, 0.15) is 17.8 Å². The van der Waals surface area contributed by atoms with Crippen molar-refractivity contribution >= 4 is 11.9 Å². The maximum Gasteiger partial charge on any atom is 0.311 e. The number of benzene rings is 1. The molecule has 1 aromatic carbocycles. The van der Waals surface area contributed by atoms with Crippen LogP contribution in [0.15, 0.2) is 24.3 Å². The fourth-order valence-electron chi connectivity index (χ4n) is 2.11. The van der Waals surface area contributed by atoms with Gasteiger partial charge in [-0.2, -0.15) is 0 Å². The maximum atomic E-state index is 11.3. The molecule has 102 valence electrons. The Morgan fingerprint density at radius 1 is 1.47 bits per heavy atom. The van der Waals surface area contributed by atoms with Crippen LogP contribution >= 0.6 is 0 Å². The van der Waals surface area contributed by atoms with E-state index in [1.54, 1.807) is 24.3 Å². The highest BCUT2D eigenvalue weighted by molar-refractivity contribution is 5.82. The number of carboxylic acid groups (broad SMARTS) is 1. The van der Waals surface area contributed by atoms with Crippen molar-refractivity contribution in [1.29, 1.82) is 0 Å². The molecule has 1 saturated heterocycles. The molecule has 0 aromatic heterocycles. The van der Waals surface area contributed by atoms with Gasteiger partial charge in [-0.3, -0.25) is 9.59 Å². The highest BCUT2D eigenvalue weighted by Gasteiger charge is 2.40. The molecule has 5 nitrogen and oxygen atoms in total. The Balaban J connectivity index is 2.25. The third kappa shape index (κ3) is 3.05. The van der Waals surface area contributed by atoms with Gasteiger partial charge in [-0.15, -0.1) is 0 Å². The van der Waals surface area contributed by atoms with Gasteiger partial charge >= 0.3 is 11.9 Å². The van der Waals surface area contributed by atoms with Crippen LogP contribution in [0.3, 0.4) is 0 Å². The molecule has 1 heterocycles. The molecule has 0 amide bonds. The Morgan fingerprint density at radius 2 is 2.21 bits per heavy atom. The molecule has 19 heavy (non-hydrogen) atoms. The van der Waals surface area contributed by atoms with Gasteiger partial charge in [-0.05, 0) is 31.5 Å². The lowest BCUT2D eigenvalue weighted by Gasteiger charge is -2.16. The van der Waals surface area contributed by atoms with Crippen LogP contribution in [0.1, 0.15) is 31.9 Å². The SMILES string of the molecule is CC(C)Oc1cccc([C@@H]2OC(=O)C[C@@H]2C(=O)O)c1. The second-order valence-corrected chi connectivity index (χ2v) is 4.80. The van der Waals surface area contributed by atoms with Gasteiger partial charge in [0.25, 0.3) is 0 Å². The van der Waals surface area contributed by atoms with E-state index >= 15 is 0 Å². The molecule has 0 unspecified atom stereocenters. The number of aliphatic carboxylic acids is 1. The first-order valence-corrected chi connectivity index (χ1v) is 6.16. The third-order valence-corrected chi connectivity index (χ3v) is 2.89. The first-order chi connectivity index (χ1) is 8.97. The number of hydrogen-bond donors (Lipinski definition) is 1. The van der Waals surface area contributed by atoms with Crippen molar-refractivity contribution in [2.75, 3.05) is 0 Å². The molecule has 2 rings (SSSR count). The molecule has 1 aliphatic rings. The monoisotopic (exact) mass is 264 g/mol. The Morgan fingerprint density at radius 3 is 2.84 bits per heavy atom. The first kappa shape index (κ1) is 13.4. The highest BCUT2D eigenvalue weighted by Crippen LogP contribution is 2.36. The number of rotatable bonds is 4. The van der Waals surface area contributed by atoms with Gasteiger partial charge in [0, 0.05) is 0 Å². The largest absolute Gasteiger partial charge is 0.491 e. The Hall–Kier alpha value is -2.04. The zero-order valence-electron chi connectivity index (χ0n) is 10.8. The van der Waals surface area contributed by atoms with Gasteiger partial charge in [-0.1, -0.05) is 12.1 Å². The number of hydrogen-bond acceptors (Lipinski definition) is 4. The Kier molecular flexibility index (Phi) is 3.74. The predicted octanol–water partition coefficient (Wildman–Crippen LogP) is 2.16. The van der Waals surface area contributed by atoms with E-state index in [0.717, 1.165) is 0 Å². The lowest BCUT2D eigenvalue weighted by molar-refractivity contribution is -0.144. The topological polar surface area (TPSA) is 72.8 Å². The van der Waals surface area contributed by atoms with Crippen LogP contribution in [0.5, 0.6) is 5.75 Å². The molecule has 1 aliphatic heterocycles. The second kappa shape index (κ2) is 5.30. The molecule has 0 saturated carbocycles. The van der Waals surface area contributed by atoms with E-state index in [1.165, 1.54) is 0 Å². The van der Waals surface area contributed by atoms with E-state index in [0.29, 0.717) is 11.3 Å². The van der Waals surface area contributed by atoms with Crippen LogP contribution < -0.4 is 4.74 Å². The van der Waals surface area contributed by atoms with Crippen molar-refractivity contribution in [3.05, 3.63) is 29.8 Å². The fraction of sp³-hybridized carbons (Fsp3) is 0.429. The molecule has 0 radical (unpaired) electrons. The van der Waals surface area contributed by atoms with E-state index in [-0.39, 0.29) is 12.5 Å². The number of cyclic esters (lactones) is 1. The summed E-state index contributed by atoms with van der Waals surface area (Å²) in [6.45, 7) is 3.81. The van der Waals surface area contributed by atoms with Crippen molar-refractivity contribution in [3.63, 3.8) is 0 Å². The van der Waals surface area contributed by atoms with Gasteiger partial charge < -0.3 is 14.6 Å². The Labute approximate surface area is 111 Å². The summed E-state index contributed by atoms with van der Waals surface area (Å²) >= 11 is 0. The number of esters is 1. The molecule has 0 aliphatic carbocycles. The maximum absolute atomic E-state index is 11.3. The number of carbonyl (C=O) groups excluding carboxylic acids is 1. The summed E-state index contributed by atoms with van der Waals surface area (Å²) in [4.78, 5) is 22.4. The molecular weight excluding hydrogens is 248 g/mol. The van der Waals surface area contributed by atoms with Crippen molar-refractivity contribution in [1.82, 2.24) is 0 Å². The number of ether oxygens (including phenoxy) is 2. The average Bonchev–Trinajstić information content (AvgIpc) is 2.71. The summed E-state index contributed by atoms with van der Waals surface area (Å²) in [5, 5.41) is 9.11. The van der Waals surface area contributed by atoms with Crippen molar-refractivity contribution in [3.8, 4) is 5.75 Å². The van der Waals surface area contributed by atoms with Crippen molar-refractivity contribution in [2.45, 2.75) is 32.5 Å². The fourth-order valence-corrected chi connectivity index (χ4v) is 2.11. The van der Waals surface area contributed by atoms with Gasteiger partial charge in [0.2, 0.25) is 0 Å². The number of carboxylic acids is 1. The zero-order valence-corrected chi connectivity index (χ0v) is 10.8. The summed E-state index contributed by atoms with van der Waals surface area (Å²) in [6.07, 6.45) is -0.799. The van der Waals surface area contributed by atoms with Crippen LogP contribution in [-0.2, 0) is 14.3 Å². The molecule has 5 heteroatoms.